The summed E-state index contributed by atoms with van der Waals surface area (Å²) in [5, 5.41) is 13.7. The molecule has 0 spiro atoms. The van der Waals surface area contributed by atoms with Crippen LogP contribution in [0.15, 0.2) is 0 Å². The molecular weight excluding hydrogens is 254 g/mol. The predicted molar refractivity (Wildman–Crippen MR) is 65.6 cm³/mol. The van der Waals surface area contributed by atoms with E-state index in [0.717, 1.165) is 6.42 Å². The molecular formula is C11H19N3O5. The highest BCUT2D eigenvalue weighted by atomic mass is 16.5. The van der Waals surface area contributed by atoms with E-state index in [0.29, 0.717) is 13.1 Å². The summed E-state index contributed by atoms with van der Waals surface area (Å²) in [5.41, 5.74) is 0. The monoisotopic (exact) mass is 273 g/mol. The highest BCUT2D eigenvalue weighted by molar-refractivity contribution is 5.75. The fourth-order valence-corrected chi connectivity index (χ4v) is 1.85. The lowest BCUT2D eigenvalue weighted by molar-refractivity contribution is -0.142. The molecule has 1 aliphatic rings. The van der Waals surface area contributed by atoms with Gasteiger partial charge in [0.2, 0.25) is 5.91 Å². The minimum absolute atomic E-state index is 0.00603. The molecule has 3 N–H and O–H groups in total. The second kappa shape index (κ2) is 7.57. The number of carboxylic acids is 1. The predicted octanol–water partition coefficient (Wildman–Crippen LogP) is -0.992. The van der Waals surface area contributed by atoms with Crippen LogP contribution < -0.4 is 10.6 Å². The summed E-state index contributed by atoms with van der Waals surface area (Å²) < 4.78 is 4.79. The van der Waals surface area contributed by atoms with E-state index in [9.17, 15) is 14.4 Å². The fourth-order valence-electron chi connectivity index (χ4n) is 1.85. The lowest BCUT2D eigenvalue weighted by atomic mass is 10.3. The highest BCUT2D eigenvalue weighted by Crippen LogP contribution is 2.08. The molecule has 0 aromatic carbocycles. The van der Waals surface area contributed by atoms with Crippen molar-refractivity contribution in [1.82, 2.24) is 15.5 Å². The van der Waals surface area contributed by atoms with Crippen molar-refractivity contribution < 1.29 is 24.2 Å². The number of likely N-dealkylation sites (tertiary alicyclic amines) is 1. The number of ether oxygens (including phenoxy) is 1. The SMILES string of the molecule is CC(=O)NC1CCN(C(=O)NCCOCC(=O)O)C1. The van der Waals surface area contributed by atoms with Crippen LogP contribution in [0.3, 0.4) is 0 Å². The molecule has 1 unspecified atom stereocenters. The van der Waals surface area contributed by atoms with Crippen LogP contribution in [-0.4, -0.2) is 66.8 Å². The van der Waals surface area contributed by atoms with Crippen molar-refractivity contribution in [2.24, 2.45) is 0 Å². The van der Waals surface area contributed by atoms with E-state index in [4.69, 9.17) is 9.84 Å². The molecule has 1 saturated heterocycles. The Morgan fingerprint density at radius 3 is 2.79 bits per heavy atom. The molecule has 3 amide bonds. The Bertz CT molecular complexity index is 347. The molecule has 0 aromatic heterocycles. The number of nitrogens with one attached hydrogen (secondary N) is 2. The summed E-state index contributed by atoms with van der Waals surface area (Å²) >= 11 is 0. The number of carbonyl (C=O) groups excluding carboxylic acids is 2. The summed E-state index contributed by atoms with van der Waals surface area (Å²) in [6, 6.07) is -0.224. The first-order valence-electron chi connectivity index (χ1n) is 6.08. The third-order valence-electron chi connectivity index (χ3n) is 2.63. The Balaban J connectivity index is 2.13. The molecule has 0 aliphatic carbocycles. The van der Waals surface area contributed by atoms with Gasteiger partial charge in [-0.05, 0) is 6.42 Å². The Morgan fingerprint density at radius 1 is 1.42 bits per heavy atom. The molecule has 1 aliphatic heterocycles. The second-order valence-corrected chi connectivity index (χ2v) is 4.31. The molecule has 8 nitrogen and oxygen atoms in total. The largest absolute Gasteiger partial charge is 0.480 e. The highest BCUT2D eigenvalue weighted by Gasteiger charge is 2.26. The van der Waals surface area contributed by atoms with Crippen molar-refractivity contribution in [3.8, 4) is 0 Å². The zero-order chi connectivity index (χ0) is 14.3. The topological polar surface area (TPSA) is 108 Å². The number of rotatable bonds is 6. The van der Waals surface area contributed by atoms with Crippen LogP contribution in [0, 0.1) is 0 Å². The van der Waals surface area contributed by atoms with Gasteiger partial charge in [0.1, 0.15) is 6.61 Å². The average Bonchev–Trinajstić information content (AvgIpc) is 2.75. The Hall–Kier alpha value is -1.83. The van der Waals surface area contributed by atoms with E-state index >= 15 is 0 Å². The zero-order valence-corrected chi connectivity index (χ0v) is 10.8. The molecule has 1 atom stereocenters. The summed E-state index contributed by atoms with van der Waals surface area (Å²) in [6.45, 7) is 2.56. The molecule has 0 saturated carbocycles. The number of amides is 3. The average molecular weight is 273 g/mol. The van der Waals surface area contributed by atoms with Crippen molar-refractivity contribution in [2.45, 2.75) is 19.4 Å². The summed E-state index contributed by atoms with van der Waals surface area (Å²) in [4.78, 5) is 34.4. The van der Waals surface area contributed by atoms with Gasteiger partial charge in [-0.1, -0.05) is 0 Å². The second-order valence-electron chi connectivity index (χ2n) is 4.31. The van der Waals surface area contributed by atoms with Crippen molar-refractivity contribution in [3.05, 3.63) is 0 Å². The Labute approximate surface area is 111 Å². The first-order chi connectivity index (χ1) is 8.99. The van der Waals surface area contributed by atoms with Crippen LogP contribution in [0.1, 0.15) is 13.3 Å². The van der Waals surface area contributed by atoms with Crippen molar-refractivity contribution in [1.29, 1.82) is 0 Å². The third kappa shape index (κ3) is 6.05. The number of carboxylic acid groups (broad SMARTS) is 1. The first kappa shape index (κ1) is 15.2. The number of urea groups is 1. The molecule has 108 valence electrons. The zero-order valence-electron chi connectivity index (χ0n) is 10.8. The van der Waals surface area contributed by atoms with Crippen molar-refractivity contribution in [3.63, 3.8) is 0 Å². The minimum Gasteiger partial charge on any atom is -0.480 e. The van der Waals surface area contributed by atoms with Gasteiger partial charge in [-0.3, -0.25) is 4.79 Å². The maximum atomic E-state index is 11.7. The third-order valence-corrected chi connectivity index (χ3v) is 2.63. The molecule has 0 radical (unpaired) electrons. The normalized spacial score (nSPS) is 18.2. The number of hydrogen-bond donors (Lipinski definition) is 3. The number of aliphatic carboxylic acids is 1. The first-order valence-corrected chi connectivity index (χ1v) is 6.08. The summed E-state index contributed by atoms with van der Waals surface area (Å²) in [7, 11) is 0. The molecule has 0 bridgehead atoms. The number of hydrogen-bond acceptors (Lipinski definition) is 4. The maximum absolute atomic E-state index is 11.7. The smallest absolute Gasteiger partial charge is 0.329 e. The van der Waals surface area contributed by atoms with Crippen molar-refractivity contribution >= 4 is 17.9 Å². The van der Waals surface area contributed by atoms with E-state index in [1.54, 1.807) is 4.90 Å². The fraction of sp³-hybridized carbons (Fsp3) is 0.727. The molecule has 8 heteroatoms. The van der Waals surface area contributed by atoms with Gasteiger partial charge in [-0.2, -0.15) is 0 Å². The van der Waals surface area contributed by atoms with E-state index in [2.05, 4.69) is 10.6 Å². The lowest BCUT2D eigenvalue weighted by Gasteiger charge is -2.17. The van der Waals surface area contributed by atoms with Gasteiger partial charge in [0.15, 0.2) is 0 Å². The molecule has 1 rings (SSSR count). The van der Waals surface area contributed by atoms with Crippen LogP contribution in [0.25, 0.3) is 0 Å². The lowest BCUT2D eigenvalue weighted by Crippen LogP contribution is -2.42. The summed E-state index contributed by atoms with van der Waals surface area (Å²) in [6.07, 6.45) is 0.739. The quantitative estimate of drug-likeness (QED) is 0.538. The van der Waals surface area contributed by atoms with Gasteiger partial charge in [0.05, 0.1) is 6.61 Å². The number of nitrogens with zero attached hydrogens (tertiary/aromatic N) is 1. The van der Waals surface area contributed by atoms with Crippen LogP contribution in [0.5, 0.6) is 0 Å². The van der Waals surface area contributed by atoms with Crippen LogP contribution in [0.4, 0.5) is 4.79 Å². The van der Waals surface area contributed by atoms with Crippen molar-refractivity contribution in [2.75, 3.05) is 32.8 Å². The maximum Gasteiger partial charge on any atom is 0.329 e. The van der Waals surface area contributed by atoms with E-state index in [1.165, 1.54) is 6.92 Å². The standard InChI is InChI=1S/C11H19N3O5/c1-8(15)13-9-2-4-14(6-9)11(18)12-3-5-19-7-10(16)17/h9H,2-7H2,1H3,(H,12,18)(H,13,15)(H,16,17). The van der Waals surface area contributed by atoms with Crippen LogP contribution in [-0.2, 0) is 14.3 Å². The van der Waals surface area contributed by atoms with Gasteiger partial charge in [-0.25, -0.2) is 9.59 Å². The minimum atomic E-state index is -1.04. The van der Waals surface area contributed by atoms with E-state index < -0.39 is 5.97 Å². The van der Waals surface area contributed by atoms with E-state index in [-0.39, 0.29) is 37.7 Å². The summed E-state index contributed by atoms with van der Waals surface area (Å²) in [5.74, 6) is -1.14. The molecule has 19 heavy (non-hydrogen) atoms. The Kier molecular flexibility index (Phi) is 6.07. The van der Waals surface area contributed by atoms with Gasteiger partial charge >= 0.3 is 12.0 Å². The van der Waals surface area contributed by atoms with Gasteiger partial charge in [0, 0.05) is 32.6 Å². The van der Waals surface area contributed by atoms with Crippen LogP contribution >= 0.6 is 0 Å². The molecule has 0 aromatic rings. The van der Waals surface area contributed by atoms with Gasteiger partial charge in [-0.15, -0.1) is 0 Å². The van der Waals surface area contributed by atoms with E-state index in [1.807, 2.05) is 0 Å². The van der Waals surface area contributed by atoms with Gasteiger partial charge in [0.25, 0.3) is 0 Å². The molecule has 1 heterocycles. The number of carbonyl (C=O) groups is 3. The van der Waals surface area contributed by atoms with Gasteiger partial charge < -0.3 is 25.4 Å². The van der Waals surface area contributed by atoms with Crippen LogP contribution in [0.2, 0.25) is 0 Å². The Morgan fingerprint density at radius 2 is 2.16 bits per heavy atom. The molecule has 1 fully saturated rings.